The van der Waals surface area contributed by atoms with E-state index in [0.717, 1.165) is 25.2 Å². The third kappa shape index (κ3) is 3.90. The van der Waals surface area contributed by atoms with E-state index in [9.17, 15) is 0 Å². The first-order valence-electron chi connectivity index (χ1n) is 7.45. The van der Waals surface area contributed by atoms with Crippen LogP contribution < -0.4 is 5.32 Å². The van der Waals surface area contributed by atoms with E-state index in [1.54, 1.807) is 6.33 Å². The highest BCUT2D eigenvalue weighted by Crippen LogP contribution is 2.24. The van der Waals surface area contributed by atoms with E-state index in [1.807, 2.05) is 0 Å². The summed E-state index contributed by atoms with van der Waals surface area (Å²) >= 11 is 0. The van der Waals surface area contributed by atoms with Crippen molar-refractivity contribution < 1.29 is 0 Å². The number of nitrogens with zero attached hydrogens (tertiary/aromatic N) is 3. The van der Waals surface area contributed by atoms with Crippen molar-refractivity contribution in [3.8, 4) is 0 Å². The van der Waals surface area contributed by atoms with Gasteiger partial charge in [-0.15, -0.1) is 0 Å². The van der Waals surface area contributed by atoms with E-state index in [1.165, 1.54) is 37.1 Å². The van der Waals surface area contributed by atoms with Gasteiger partial charge in [-0.25, -0.2) is 9.97 Å². The van der Waals surface area contributed by atoms with Gasteiger partial charge in [-0.3, -0.25) is 0 Å². The highest BCUT2D eigenvalue weighted by Gasteiger charge is 2.16. The van der Waals surface area contributed by atoms with Gasteiger partial charge in [-0.05, 0) is 59.5 Å². The Hall–Kier alpha value is -1.16. The molecule has 0 unspecified atom stereocenters. The summed E-state index contributed by atoms with van der Waals surface area (Å²) in [5.74, 6) is 1.07. The van der Waals surface area contributed by atoms with Gasteiger partial charge in [0, 0.05) is 23.8 Å². The zero-order valence-electron chi connectivity index (χ0n) is 12.4. The Morgan fingerprint density at radius 1 is 1.26 bits per heavy atom. The number of anilines is 1. The number of fused-ring (bicyclic) bond motifs is 1. The lowest BCUT2D eigenvalue weighted by Gasteiger charge is -2.20. The SMILES string of the molecule is CC(C)N(C)CCCCNc1ncnc2c1CCC2. The zero-order valence-corrected chi connectivity index (χ0v) is 12.4. The van der Waals surface area contributed by atoms with Gasteiger partial charge < -0.3 is 10.2 Å². The summed E-state index contributed by atoms with van der Waals surface area (Å²) in [5.41, 5.74) is 2.60. The highest BCUT2D eigenvalue weighted by molar-refractivity contribution is 5.47. The van der Waals surface area contributed by atoms with Gasteiger partial charge in [-0.1, -0.05) is 0 Å². The van der Waals surface area contributed by atoms with Crippen LogP contribution in [0.3, 0.4) is 0 Å². The summed E-state index contributed by atoms with van der Waals surface area (Å²) in [6.07, 6.45) is 7.59. The number of nitrogens with one attached hydrogen (secondary N) is 1. The minimum Gasteiger partial charge on any atom is -0.370 e. The molecule has 4 nitrogen and oxygen atoms in total. The van der Waals surface area contributed by atoms with Crippen LogP contribution in [0.25, 0.3) is 0 Å². The fourth-order valence-corrected chi connectivity index (χ4v) is 2.46. The fourth-order valence-electron chi connectivity index (χ4n) is 2.46. The number of unbranched alkanes of at least 4 members (excludes halogenated alkanes) is 1. The Kier molecular flexibility index (Phi) is 5.14. The highest BCUT2D eigenvalue weighted by atomic mass is 15.1. The fraction of sp³-hybridized carbons (Fsp3) is 0.733. The molecule has 0 spiro atoms. The topological polar surface area (TPSA) is 41.0 Å². The maximum atomic E-state index is 4.38. The molecular weight excluding hydrogens is 236 g/mol. The first-order valence-corrected chi connectivity index (χ1v) is 7.45. The molecular formula is C15H26N4. The molecule has 0 saturated carbocycles. The van der Waals surface area contributed by atoms with Crippen LogP contribution in [-0.2, 0) is 12.8 Å². The summed E-state index contributed by atoms with van der Waals surface area (Å²) in [7, 11) is 2.19. The summed E-state index contributed by atoms with van der Waals surface area (Å²) < 4.78 is 0. The molecule has 1 aliphatic carbocycles. The molecule has 19 heavy (non-hydrogen) atoms. The van der Waals surface area contributed by atoms with Gasteiger partial charge in [0.1, 0.15) is 12.1 Å². The standard InChI is InChI=1S/C15H26N4/c1-12(2)19(3)10-5-4-9-16-15-13-7-6-8-14(13)17-11-18-15/h11-12H,4-10H2,1-3H3,(H,16,17,18). The maximum Gasteiger partial charge on any atom is 0.132 e. The normalized spacial score (nSPS) is 14.2. The minimum atomic E-state index is 0.637. The lowest BCUT2D eigenvalue weighted by molar-refractivity contribution is 0.269. The Bertz CT molecular complexity index is 403. The number of aryl methyl sites for hydroxylation is 1. The van der Waals surface area contributed by atoms with Crippen molar-refractivity contribution in [2.45, 2.75) is 52.0 Å². The van der Waals surface area contributed by atoms with Gasteiger partial charge >= 0.3 is 0 Å². The van der Waals surface area contributed by atoms with E-state index in [0.29, 0.717) is 6.04 Å². The predicted octanol–water partition coefficient (Wildman–Crippen LogP) is 2.50. The largest absolute Gasteiger partial charge is 0.370 e. The molecule has 1 aromatic heterocycles. The van der Waals surface area contributed by atoms with Crippen molar-refractivity contribution in [1.82, 2.24) is 14.9 Å². The number of aromatic nitrogens is 2. The van der Waals surface area contributed by atoms with E-state index >= 15 is 0 Å². The van der Waals surface area contributed by atoms with Crippen molar-refractivity contribution in [2.24, 2.45) is 0 Å². The van der Waals surface area contributed by atoms with E-state index in [-0.39, 0.29) is 0 Å². The van der Waals surface area contributed by atoms with Gasteiger partial charge in [-0.2, -0.15) is 0 Å². The van der Waals surface area contributed by atoms with Gasteiger partial charge in [0.2, 0.25) is 0 Å². The van der Waals surface area contributed by atoms with E-state index in [2.05, 4.69) is 41.1 Å². The van der Waals surface area contributed by atoms with Crippen molar-refractivity contribution in [3.63, 3.8) is 0 Å². The summed E-state index contributed by atoms with van der Waals surface area (Å²) in [5, 5.41) is 3.48. The zero-order chi connectivity index (χ0) is 13.7. The molecule has 0 aromatic carbocycles. The smallest absolute Gasteiger partial charge is 0.132 e. The minimum absolute atomic E-state index is 0.637. The molecule has 0 saturated heterocycles. The van der Waals surface area contributed by atoms with Crippen LogP contribution in [0.1, 0.15) is 44.4 Å². The van der Waals surface area contributed by atoms with Crippen LogP contribution in [0, 0.1) is 0 Å². The summed E-state index contributed by atoms with van der Waals surface area (Å²) in [6.45, 7) is 6.65. The van der Waals surface area contributed by atoms with Crippen LogP contribution in [0.4, 0.5) is 5.82 Å². The second-order valence-corrected chi connectivity index (χ2v) is 5.71. The Morgan fingerprint density at radius 2 is 2.11 bits per heavy atom. The third-order valence-corrected chi connectivity index (χ3v) is 3.99. The molecule has 0 radical (unpaired) electrons. The molecule has 1 heterocycles. The lowest BCUT2D eigenvalue weighted by Crippen LogP contribution is -2.27. The lowest BCUT2D eigenvalue weighted by atomic mass is 10.2. The summed E-state index contributed by atoms with van der Waals surface area (Å²) in [4.78, 5) is 11.1. The molecule has 0 amide bonds. The van der Waals surface area contributed by atoms with Crippen LogP contribution in [-0.4, -0.2) is 41.0 Å². The molecule has 0 bridgehead atoms. The maximum absolute atomic E-state index is 4.38. The monoisotopic (exact) mass is 262 g/mol. The average Bonchev–Trinajstić information content (AvgIpc) is 2.87. The first-order chi connectivity index (χ1) is 9.18. The molecule has 0 aliphatic heterocycles. The Balaban J connectivity index is 1.71. The van der Waals surface area contributed by atoms with Gasteiger partial charge in [0.15, 0.2) is 0 Å². The molecule has 106 valence electrons. The van der Waals surface area contributed by atoms with Crippen LogP contribution >= 0.6 is 0 Å². The number of hydrogen-bond donors (Lipinski definition) is 1. The van der Waals surface area contributed by atoms with Crippen molar-refractivity contribution in [2.75, 3.05) is 25.5 Å². The predicted molar refractivity (Wildman–Crippen MR) is 79.5 cm³/mol. The molecule has 0 fully saturated rings. The Morgan fingerprint density at radius 3 is 2.89 bits per heavy atom. The molecule has 1 N–H and O–H groups in total. The number of hydrogen-bond acceptors (Lipinski definition) is 4. The van der Waals surface area contributed by atoms with Crippen molar-refractivity contribution in [3.05, 3.63) is 17.6 Å². The van der Waals surface area contributed by atoms with Crippen LogP contribution in [0.2, 0.25) is 0 Å². The van der Waals surface area contributed by atoms with Crippen molar-refractivity contribution >= 4 is 5.82 Å². The van der Waals surface area contributed by atoms with Gasteiger partial charge in [0.25, 0.3) is 0 Å². The van der Waals surface area contributed by atoms with E-state index in [4.69, 9.17) is 0 Å². The first kappa shape index (κ1) is 14.3. The van der Waals surface area contributed by atoms with Crippen molar-refractivity contribution in [1.29, 1.82) is 0 Å². The second kappa shape index (κ2) is 6.85. The molecule has 2 rings (SSSR count). The van der Waals surface area contributed by atoms with Gasteiger partial charge in [0.05, 0.1) is 0 Å². The average molecular weight is 262 g/mol. The van der Waals surface area contributed by atoms with Crippen LogP contribution in [0.5, 0.6) is 0 Å². The Labute approximate surface area is 116 Å². The third-order valence-electron chi connectivity index (χ3n) is 3.99. The molecule has 0 atom stereocenters. The second-order valence-electron chi connectivity index (χ2n) is 5.71. The quantitative estimate of drug-likeness (QED) is 0.767. The molecule has 1 aliphatic rings. The molecule has 1 aromatic rings. The summed E-state index contributed by atoms with van der Waals surface area (Å²) in [6, 6.07) is 0.637. The van der Waals surface area contributed by atoms with Crippen LogP contribution in [0.15, 0.2) is 6.33 Å². The van der Waals surface area contributed by atoms with E-state index < -0.39 is 0 Å². The molecule has 4 heteroatoms. The number of rotatable bonds is 7.